The van der Waals surface area contributed by atoms with Crippen LogP contribution < -0.4 is 10.2 Å². The molecule has 1 heterocycles. The number of hydrogen-bond donors (Lipinski definition) is 1. The van der Waals surface area contributed by atoms with E-state index in [2.05, 4.69) is 10.2 Å². The Kier molecular flexibility index (Phi) is 5.18. The zero-order valence-corrected chi connectivity index (χ0v) is 13.3. The Morgan fingerprint density at radius 2 is 1.90 bits per heavy atom. The molecule has 1 aliphatic rings. The minimum Gasteiger partial charge on any atom is -0.369 e. The molecule has 0 amide bonds. The zero-order chi connectivity index (χ0) is 15.5. The summed E-state index contributed by atoms with van der Waals surface area (Å²) in [7, 11) is -3.13. The fourth-order valence-corrected chi connectivity index (χ4v) is 3.35. The van der Waals surface area contributed by atoms with Crippen molar-refractivity contribution in [1.29, 1.82) is 0 Å². The molecule has 7 heteroatoms. The van der Waals surface area contributed by atoms with Crippen molar-refractivity contribution in [1.82, 2.24) is 9.62 Å². The second-order valence-electron chi connectivity index (χ2n) is 5.20. The molecule has 118 valence electrons. The van der Waals surface area contributed by atoms with E-state index in [0.29, 0.717) is 32.7 Å². The molecule has 1 N–H and O–H groups in total. The van der Waals surface area contributed by atoms with Crippen LogP contribution in [0.15, 0.2) is 18.2 Å². The van der Waals surface area contributed by atoms with E-state index in [1.54, 1.807) is 12.1 Å². The number of sulfonamides is 1. The van der Waals surface area contributed by atoms with Gasteiger partial charge in [0.15, 0.2) is 0 Å². The predicted octanol–water partition coefficient (Wildman–Crippen LogP) is 1.02. The standard InChI is InChI=1S/C14H22FN3O2S/c1-3-16-11-12-10-13(15)4-5-14(12)17-6-8-18(9-7-17)21(2,19)20/h4-5,10,16H,3,6-9,11H2,1-2H3. The van der Waals surface area contributed by atoms with Crippen LogP contribution in [0.1, 0.15) is 12.5 Å². The van der Waals surface area contributed by atoms with Gasteiger partial charge in [-0.1, -0.05) is 6.92 Å². The lowest BCUT2D eigenvalue weighted by Gasteiger charge is -2.35. The Labute approximate surface area is 125 Å². The smallest absolute Gasteiger partial charge is 0.211 e. The molecule has 21 heavy (non-hydrogen) atoms. The van der Waals surface area contributed by atoms with Crippen LogP contribution >= 0.6 is 0 Å². The molecule has 0 saturated carbocycles. The molecule has 1 aromatic rings. The summed E-state index contributed by atoms with van der Waals surface area (Å²) in [6.45, 7) is 5.61. The van der Waals surface area contributed by atoms with Crippen LogP contribution in [0.25, 0.3) is 0 Å². The van der Waals surface area contributed by atoms with Crippen molar-refractivity contribution in [2.24, 2.45) is 0 Å². The van der Waals surface area contributed by atoms with Gasteiger partial charge in [-0.15, -0.1) is 0 Å². The van der Waals surface area contributed by atoms with Gasteiger partial charge in [0.25, 0.3) is 0 Å². The Bertz CT molecular complexity index is 584. The van der Waals surface area contributed by atoms with Gasteiger partial charge in [-0.3, -0.25) is 0 Å². The first-order valence-corrected chi connectivity index (χ1v) is 8.96. The monoisotopic (exact) mass is 315 g/mol. The lowest BCUT2D eigenvalue weighted by atomic mass is 10.1. The minimum atomic E-state index is -3.13. The number of benzene rings is 1. The predicted molar refractivity (Wildman–Crippen MR) is 82.4 cm³/mol. The quantitative estimate of drug-likeness (QED) is 0.881. The van der Waals surface area contributed by atoms with Crippen molar-refractivity contribution >= 4 is 15.7 Å². The zero-order valence-electron chi connectivity index (χ0n) is 12.5. The summed E-state index contributed by atoms with van der Waals surface area (Å²) in [6.07, 6.45) is 1.23. The molecule has 0 spiro atoms. The Morgan fingerprint density at radius 1 is 1.24 bits per heavy atom. The van der Waals surface area contributed by atoms with Crippen molar-refractivity contribution in [2.45, 2.75) is 13.5 Å². The van der Waals surface area contributed by atoms with Crippen LogP contribution in [-0.4, -0.2) is 51.7 Å². The molecule has 0 atom stereocenters. The van der Waals surface area contributed by atoms with Gasteiger partial charge < -0.3 is 10.2 Å². The van der Waals surface area contributed by atoms with E-state index in [1.165, 1.54) is 16.6 Å². The third-order valence-electron chi connectivity index (χ3n) is 3.66. The summed E-state index contributed by atoms with van der Waals surface area (Å²) in [5.74, 6) is -0.249. The third kappa shape index (κ3) is 4.15. The fourth-order valence-electron chi connectivity index (χ4n) is 2.52. The molecule has 1 fully saturated rings. The average Bonchev–Trinajstić information content (AvgIpc) is 2.44. The molecule has 0 unspecified atom stereocenters. The third-order valence-corrected chi connectivity index (χ3v) is 4.96. The lowest BCUT2D eigenvalue weighted by molar-refractivity contribution is 0.387. The van der Waals surface area contributed by atoms with Gasteiger partial charge in [0.05, 0.1) is 6.26 Å². The maximum Gasteiger partial charge on any atom is 0.211 e. The lowest BCUT2D eigenvalue weighted by Crippen LogP contribution is -2.48. The summed E-state index contributed by atoms with van der Waals surface area (Å²) in [5.41, 5.74) is 1.88. The van der Waals surface area contributed by atoms with E-state index < -0.39 is 10.0 Å². The molecule has 1 saturated heterocycles. The second kappa shape index (κ2) is 6.72. The number of hydrogen-bond acceptors (Lipinski definition) is 4. The first-order valence-electron chi connectivity index (χ1n) is 7.11. The highest BCUT2D eigenvalue weighted by Crippen LogP contribution is 2.23. The highest BCUT2D eigenvalue weighted by Gasteiger charge is 2.24. The normalized spacial score (nSPS) is 17.2. The van der Waals surface area contributed by atoms with Gasteiger partial charge in [-0.2, -0.15) is 4.31 Å². The minimum absolute atomic E-state index is 0.249. The highest BCUT2D eigenvalue weighted by molar-refractivity contribution is 7.88. The van der Waals surface area contributed by atoms with Gasteiger partial charge in [-0.05, 0) is 30.3 Å². The summed E-state index contributed by atoms with van der Waals surface area (Å²) in [4.78, 5) is 2.12. The first-order chi connectivity index (χ1) is 9.91. The van der Waals surface area contributed by atoms with Crippen LogP contribution in [0.5, 0.6) is 0 Å². The summed E-state index contributed by atoms with van der Waals surface area (Å²) < 4.78 is 38.0. The van der Waals surface area contributed by atoms with Crippen LogP contribution in [0.4, 0.5) is 10.1 Å². The second-order valence-corrected chi connectivity index (χ2v) is 7.18. The number of piperazine rings is 1. The topological polar surface area (TPSA) is 52.6 Å². The first kappa shape index (κ1) is 16.2. The molecular weight excluding hydrogens is 293 g/mol. The summed E-state index contributed by atoms with van der Waals surface area (Å²) >= 11 is 0. The van der Waals surface area contributed by atoms with Crippen LogP contribution in [0.2, 0.25) is 0 Å². The van der Waals surface area contributed by atoms with Crippen LogP contribution in [0, 0.1) is 5.82 Å². The van der Waals surface area contributed by atoms with Crippen molar-refractivity contribution in [3.8, 4) is 0 Å². The average molecular weight is 315 g/mol. The molecular formula is C14H22FN3O2S. The number of nitrogens with zero attached hydrogens (tertiary/aromatic N) is 2. The van der Waals surface area contributed by atoms with E-state index in [-0.39, 0.29) is 5.82 Å². The largest absolute Gasteiger partial charge is 0.369 e. The van der Waals surface area contributed by atoms with E-state index in [4.69, 9.17) is 0 Å². The SMILES string of the molecule is CCNCc1cc(F)ccc1N1CCN(S(C)(=O)=O)CC1. The van der Waals surface area contributed by atoms with Crippen LogP contribution in [-0.2, 0) is 16.6 Å². The number of nitrogens with one attached hydrogen (secondary N) is 1. The van der Waals surface area contributed by atoms with Gasteiger partial charge >= 0.3 is 0 Å². The molecule has 0 aromatic heterocycles. The Hall–Kier alpha value is -1.18. The van der Waals surface area contributed by atoms with Gasteiger partial charge in [0, 0.05) is 38.4 Å². The molecule has 5 nitrogen and oxygen atoms in total. The van der Waals surface area contributed by atoms with Gasteiger partial charge in [-0.25, -0.2) is 12.8 Å². The Morgan fingerprint density at radius 3 is 2.48 bits per heavy atom. The number of rotatable bonds is 5. The number of anilines is 1. The van der Waals surface area contributed by atoms with Crippen molar-refractivity contribution in [2.75, 3.05) is 43.9 Å². The Balaban J connectivity index is 2.12. The van der Waals surface area contributed by atoms with Crippen molar-refractivity contribution in [3.05, 3.63) is 29.6 Å². The number of halogens is 1. The summed E-state index contributed by atoms with van der Waals surface area (Å²) in [6, 6.07) is 4.77. The van der Waals surface area contributed by atoms with E-state index in [0.717, 1.165) is 17.8 Å². The maximum absolute atomic E-state index is 13.4. The van der Waals surface area contributed by atoms with Crippen molar-refractivity contribution in [3.63, 3.8) is 0 Å². The fraction of sp³-hybridized carbons (Fsp3) is 0.571. The van der Waals surface area contributed by atoms with Crippen LogP contribution in [0.3, 0.4) is 0 Å². The molecule has 0 aliphatic carbocycles. The van der Waals surface area contributed by atoms with E-state index in [9.17, 15) is 12.8 Å². The molecule has 0 radical (unpaired) electrons. The maximum atomic E-state index is 13.4. The summed E-state index contributed by atoms with van der Waals surface area (Å²) in [5, 5.41) is 3.20. The molecule has 2 rings (SSSR count). The highest BCUT2D eigenvalue weighted by atomic mass is 32.2. The molecule has 1 aliphatic heterocycles. The van der Waals surface area contributed by atoms with E-state index >= 15 is 0 Å². The molecule has 1 aromatic carbocycles. The molecule has 0 bridgehead atoms. The van der Waals surface area contributed by atoms with Gasteiger partial charge in [0.2, 0.25) is 10.0 Å². The van der Waals surface area contributed by atoms with Gasteiger partial charge in [0.1, 0.15) is 5.82 Å². The van der Waals surface area contributed by atoms with Crippen molar-refractivity contribution < 1.29 is 12.8 Å². The van der Waals surface area contributed by atoms with E-state index in [1.807, 2.05) is 6.92 Å².